The summed E-state index contributed by atoms with van der Waals surface area (Å²) in [6.45, 7) is 0. The van der Waals surface area contributed by atoms with Gasteiger partial charge in [-0.2, -0.15) is 10.4 Å². The molecule has 1 fully saturated rings. The third kappa shape index (κ3) is 2.50. The fraction of sp³-hybridized carbons (Fsp3) is 0.636. The average molecular weight is 253 g/mol. The quantitative estimate of drug-likeness (QED) is 0.794. The van der Waals surface area contributed by atoms with Gasteiger partial charge in [0.15, 0.2) is 9.84 Å². The first-order valence-electron chi connectivity index (χ1n) is 5.55. The first kappa shape index (κ1) is 12.1. The lowest BCUT2D eigenvalue weighted by Crippen LogP contribution is -2.21. The molecule has 0 bridgehead atoms. The maximum absolute atomic E-state index is 11.5. The van der Waals surface area contributed by atoms with Crippen LogP contribution in [0.1, 0.15) is 18.5 Å². The van der Waals surface area contributed by atoms with E-state index in [1.165, 1.54) is 0 Å². The molecule has 0 aromatic carbocycles. The topological polar surface area (TPSA) is 75.8 Å². The molecule has 1 unspecified atom stereocenters. The van der Waals surface area contributed by atoms with Crippen LogP contribution < -0.4 is 0 Å². The molecule has 1 atom stereocenters. The summed E-state index contributed by atoms with van der Waals surface area (Å²) >= 11 is 0. The molecule has 0 amide bonds. The summed E-state index contributed by atoms with van der Waals surface area (Å²) in [7, 11) is -1.17. The van der Waals surface area contributed by atoms with Crippen LogP contribution in [0.3, 0.4) is 0 Å². The molecule has 0 N–H and O–H groups in total. The van der Waals surface area contributed by atoms with Crippen LogP contribution in [0.5, 0.6) is 0 Å². The number of hydrogen-bond acceptors (Lipinski definition) is 4. The predicted octanol–water partition coefficient (Wildman–Crippen LogP) is 0.681. The maximum atomic E-state index is 11.5. The van der Waals surface area contributed by atoms with E-state index in [0.29, 0.717) is 19.3 Å². The molecule has 5 nitrogen and oxygen atoms in total. The molecule has 1 aromatic heterocycles. The minimum Gasteiger partial charge on any atom is -0.273 e. The van der Waals surface area contributed by atoms with Crippen molar-refractivity contribution < 1.29 is 8.42 Å². The van der Waals surface area contributed by atoms with E-state index in [0.717, 1.165) is 5.69 Å². The van der Waals surface area contributed by atoms with Crippen molar-refractivity contribution in [2.24, 2.45) is 12.5 Å². The van der Waals surface area contributed by atoms with Gasteiger partial charge in [0, 0.05) is 18.9 Å². The predicted molar refractivity (Wildman–Crippen MR) is 62.8 cm³/mol. The molecular weight excluding hydrogens is 238 g/mol. The number of sulfone groups is 1. The summed E-state index contributed by atoms with van der Waals surface area (Å²) in [5.74, 6) is 0.153. The molecule has 1 saturated heterocycles. The van der Waals surface area contributed by atoms with Crippen molar-refractivity contribution in [3.05, 3.63) is 18.0 Å². The Morgan fingerprint density at radius 1 is 1.65 bits per heavy atom. The highest BCUT2D eigenvalue weighted by molar-refractivity contribution is 7.91. The van der Waals surface area contributed by atoms with Crippen LogP contribution in [0.4, 0.5) is 0 Å². The van der Waals surface area contributed by atoms with Gasteiger partial charge in [-0.1, -0.05) is 0 Å². The summed E-state index contributed by atoms with van der Waals surface area (Å²) in [6.07, 6.45) is 3.45. The number of nitrogens with zero attached hydrogens (tertiary/aromatic N) is 3. The van der Waals surface area contributed by atoms with Gasteiger partial charge in [0.05, 0.1) is 23.0 Å². The Labute approximate surface area is 101 Å². The van der Waals surface area contributed by atoms with Gasteiger partial charge in [-0.3, -0.25) is 4.68 Å². The maximum Gasteiger partial charge on any atom is 0.151 e. The van der Waals surface area contributed by atoms with Crippen molar-refractivity contribution in [3.63, 3.8) is 0 Å². The van der Waals surface area contributed by atoms with E-state index < -0.39 is 15.3 Å². The molecule has 1 aliphatic rings. The lowest BCUT2D eigenvalue weighted by molar-refractivity contribution is 0.410. The number of aromatic nitrogens is 2. The smallest absolute Gasteiger partial charge is 0.151 e. The first-order valence-corrected chi connectivity index (χ1v) is 7.37. The average Bonchev–Trinajstić information content (AvgIpc) is 2.81. The fourth-order valence-electron chi connectivity index (χ4n) is 2.27. The lowest BCUT2D eigenvalue weighted by atomic mass is 9.84. The molecule has 0 aliphatic carbocycles. The first-order chi connectivity index (χ1) is 7.96. The van der Waals surface area contributed by atoms with E-state index in [4.69, 9.17) is 0 Å². The Morgan fingerprint density at radius 2 is 2.41 bits per heavy atom. The number of nitriles is 1. The molecule has 0 spiro atoms. The van der Waals surface area contributed by atoms with Crippen molar-refractivity contribution in [1.29, 1.82) is 5.26 Å². The minimum atomic E-state index is -3.01. The zero-order chi connectivity index (χ0) is 12.5. The summed E-state index contributed by atoms with van der Waals surface area (Å²) in [6, 6.07) is 4.10. The SMILES string of the molecule is Cn1nccc1CCC1(C#N)CCS(=O)(=O)C1. The molecule has 6 heteroatoms. The van der Waals surface area contributed by atoms with Crippen molar-refractivity contribution >= 4 is 9.84 Å². The van der Waals surface area contributed by atoms with E-state index in [9.17, 15) is 13.7 Å². The molecule has 1 aliphatic heterocycles. The Balaban J connectivity index is 2.08. The van der Waals surface area contributed by atoms with Crippen molar-refractivity contribution in [2.75, 3.05) is 11.5 Å². The summed E-state index contributed by atoms with van der Waals surface area (Å²) < 4.78 is 24.7. The van der Waals surface area contributed by atoms with Crippen LogP contribution in [0, 0.1) is 16.7 Å². The van der Waals surface area contributed by atoms with E-state index in [2.05, 4.69) is 11.2 Å². The monoisotopic (exact) mass is 253 g/mol. The zero-order valence-electron chi connectivity index (χ0n) is 9.76. The van der Waals surface area contributed by atoms with Gasteiger partial charge in [-0.15, -0.1) is 0 Å². The summed E-state index contributed by atoms with van der Waals surface area (Å²) in [5.41, 5.74) is 0.340. The second-order valence-corrected chi connectivity index (χ2v) is 6.86. The third-order valence-corrected chi connectivity index (χ3v) is 5.23. The molecule has 2 heterocycles. The highest BCUT2D eigenvalue weighted by Crippen LogP contribution is 2.35. The van der Waals surface area contributed by atoms with Crippen molar-refractivity contribution in [1.82, 2.24) is 9.78 Å². The minimum absolute atomic E-state index is 0.00829. The van der Waals surface area contributed by atoms with Gasteiger partial charge in [-0.25, -0.2) is 8.42 Å². The Hall–Kier alpha value is -1.35. The Bertz CT molecular complexity index is 556. The Kier molecular flexibility index (Phi) is 2.96. The van der Waals surface area contributed by atoms with Crippen LogP contribution in [-0.2, 0) is 23.3 Å². The van der Waals surface area contributed by atoms with Gasteiger partial charge >= 0.3 is 0 Å². The van der Waals surface area contributed by atoms with Gasteiger partial charge in [0.1, 0.15) is 0 Å². The third-order valence-electron chi connectivity index (χ3n) is 3.41. The van der Waals surface area contributed by atoms with Crippen LogP contribution in [0.15, 0.2) is 12.3 Å². The second-order valence-electron chi connectivity index (χ2n) is 4.68. The summed E-state index contributed by atoms with van der Waals surface area (Å²) in [4.78, 5) is 0. The van der Waals surface area contributed by atoms with Gasteiger partial charge in [-0.05, 0) is 25.3 Å². The van der Waals surface area contributed by atoms with Crippen LogP contribution in [-0.4, -0.2) is 29.7 Å². The fourth-order valence-corrected chi connectivity index (χ4v) is 4.31. The number of hydrogen-bond donors (Lipinski definition) is 0. The van der Waals surface area contributed by atoms with Crippen molar-refractivity contribution in [3.8, 4) is 6.07 Å². The highest BCUT2D eigenvalue weighted by atomic mass is 32.2. The molecule has 1 aromatic rings. The molecule has 17 heavy (non-hydrogen) atoms. The second kappa shape index (κ2) is 4.15. The van der Waals surface area contributed by atoms with Crippen LogP contribution in [0.2, 0.25) is 0 Å². The molecular formula is C11H15N3O2S. The Morgan fingerprint density at radius 3 is 2.88 bits per heavy atom. The molecule has 0 saturated carbocycles. The van der Waals surface area contributed by atoms with E-state index >= 15 is 0 Å². The van der Waals surface area contributed by atoms with Crippen molar-refractivity contribution in [2.45, 2.75) is 19.3 Å². The molecule has 2 rings (SSSR count). The van der Waals surface area contributed by atoms with Gasteiger partial charge < -0.3 is 0 Å². The van der Waals surface area contributed by atoms with E-state index in [1.807, 2.05) is 13.1 Å². The van der Waals surface area contributed by atoms with Crippen LogP contribution >= 0.6 is 0 Å². The van der Waals surface area contributed by atoms with Crippen LogP contribution in [0.25, 0.3) is 0 Å². The summed E-state index contributed by atoms with van der Waals surface area (Å²) in [5, 5.41) is 13.3. The lowest BCUT2D eigenvalue weighted by Gasteiger charge is -2.18. The largest absolute Gasteiger partial charge is 0.273 e. The molecule has 0 radical (unpaired) electrons. The van der Waals surface area contributed by atoms with E-state index in [-0.39, 0.29) is 11.5 Å². The zero-order valence-corrected chi connectivity index (χ0v) is 10.6. The number of rotatable bonds is 3. The normalized spacial score (nSPS) is 26.8. The van der Waals surface area contributed by atoms with E-state index in [1.54, 1.807) is 10.9 Å². The van der Waals surface area contributed by atoms with Gasteiger partial charge in [0.2, 0.25) is 0 Å². The van der Waals surface area contributed by atoms with Gasteiger partial charge in [0.25, 0.3) is 0 Å². The number of aryl methyl sites for hydroxylation is 2. The highest BCUT2D eigenvalue weighted by Gasteiger charge is 2.42. The standard InChI is InChI=1S/C11H15N3O2S/c1-14-10(3-6-13-14)2-4-11(8-12)5-7-17(15,16)9-11/h3,6H,2,4-5,7,9H2,1H3. The molecule has 92 valence electrons.